The van der Waals surface area contributed by atoms with E-state index in [2.05, 4.69) is 0 Å². The molecule has 5 atom stereocenters. The van der Waals surface area contributed by atoms with Gasteiger partial charge in [0.15, 0.2) is 5.78 Å². The van der Waals surface area contributed by atoms with Gasteiger partial charge < -0.3 is 4.74 Å². The minimum atomic E-state index is -1.13. The summed E-state index contributed by atoms with van der Waals surface area (Å²) in [6, 6.07) is 11.7. The van der Waals surface area contributed by atoms with E-state index < -0.39 is 41.4 Å². The van der Waals surface area contributed by atoms with Gasteiger partial charge in [0.1, 0.15) is 11.8 Å². The second kappa shape index (κ2) is 8.40. The van der Waals surface area contributed by atoms with Crippen LogP contribution in [0, 0.1) is 23.7 Å². The lowest BCUT2D eigenvalue weighted by atomic mass is 9.85. The number of benzene rings is 2. The van der Waals surface area contributed by atoms with Gasteiger partial charge in [0.2, 0.25) is 0 Å². The van der Waals surface area contributed by atoms with Crippen LogP contribution < -0.4 is 4.74 Å². The van der Waals surface area contributed by atoms with Crippen molar-refractivity contribution in [2.75, 3.05) is 7.11 Å². The van der Waals surface area contributed by atoms with Gasteiger partial charge in [-0.05, 0) is 61.6 Å². The summed E-state index contributed by atoms with van der Waals surface area (Å²) in [7, 11) is 1.52. The minimum Gasteiger partial charge on any atom is -0.497 e. The molecule has 1 saturated carbocycles. The molecule has 1 aliphatic heterocycles. The van der Waals surface area contributed by atoms with Crippen LogP contribution in [0.3, 0.4) is 0 Å². The number of fused-ring (bicyclic) bond motifs is 5. The number of carbonyl (C=O) groups excluding carboxylic acids is 4. The summed E-state index contributed by atoms with van der Waals surface area (Å²) in [6.45, 7) is 1.52. The first-order chi connectivity index (χ1) is 16.3. The third-order valence-corrected chi connectivity index (χ3v) is 7.43. The number of allylic oxidation sites excluding steroid dienone is 2. The van der Waals surface area contributed by atoms with E-state index in [-0.39, 0.29) is 22.4 Å². The summed E-state index contributed by atoms with van der Waals surface area (Å²) >= 11 is 6.28. The Morgan fingerprint density at radius 1 is 1.00 bits per heavy atom. The van der Waals surface area contributed by atoms with E-state index in [4.69, 9.17) is 16.3 Å². The molecule has 0 unspecified atom stereocenters. The number of Topliss-reactive ketones (excluding diaryl/α,β-unsaturated/α-hetero) is 1. The number of carbonyl (C=O) groups is 4. The van der Waals surface area contributed by atoms with Crippen LogP contribution in [-0.2, 0) is 9.59 Å². The van der Waals surface area contributed by atoms with Crippen molar-refractivity contribution in [3.05, 3.63) is 76.8 Å². The minimum absolute atomic E-state index is 0.0266. The SMILES string of the molecule is COc1ccc(C(=O)[C@@H](C)N(C(=O)c2ccccc2Cl)N2C(=O)[C@@H]3[C@H](C2=O)[C@H]2C=C[C@H]3C2)cc1. The zero-order valence-electron chi connectivity index (χ0n) is 18.7. The van der Waals surface area contributed by atoms with Gasteiger partial charge >= 0.3 is 0 Å². The largest absolute Gasteiger partial charge is 0.497 e. The number of ketones is 1. The first-order valence-electron chi connectivity index (χ1n) is 11.2. The van der Waals surface area contributed by atoms with Crippen molar-refractivity contribution < 1.29 is 23.9 Å². The second-order valence-corrected chi connectivity index (χ2v) is 9.29. The highest BCUT2D eigenvalue weighted by atomic mass is 35.5. The number of hydrazine groups is 1. The van der Waals surface area contributed by atoms with Crippen LogP contribution in [0.1, 0.15) is 34.1 Å². The molecule has 5 rings (SSSR count). The number of hydrogen-bond acceptors (Lipinski definition) is 5. The highest BCUT2D eigenvalue weighted by Gasteiger charge is 2.61. The van der Waals surface area contributed by atoms with Crippen LogP contribution in [0.5, 0.6) is 5.75 Å². The van der Waals surface area contributed by atoms with Gasteiger partial charge in [-0.1, -0.05) is 35.9 Å². The fraction of sp³-hybridized carbons (Fsp3) is 0.308. The van der Waals surface area contributed by atoms with Crippen molar-refractivity contribution in [1.29, 1.82) is 0 Å². The molecule has 3 amide bonds. The lowest BCUT2D eigenvalue weighted by molar-refractivity contribution is -0.157. The number of nitrogens with zero attached hydrogens (tertiary/aromatic N) is 2. The quantitative estimate of drug-likeness (QED) is 0.358. The van der Waals surface area contributed by atoms with Crippen molar-refractivity contribution in [1.82, 2.24) is 10.0 Å². The van der Waals surface area contributed by atoms with Gasteiger partial charge in [-0.2, -0.15) is 5.01 Å². The molecule has 174 valence electrons. The summed E-state index contributed by atoms with van der Waals surface area (Å²) < 4.78 is 5.15. The molecule has 0 aromatic heterocycles. The number of imide groups is 1. The average Bonchev–Trinajstić information content (AvgIpc) is 3.54. The Bertz CT molecular complexity index is 1190. The molecule has 2 aromatic rings. The van der Waals surface area contributed by atoms with E-state index in [1.807, 2.05) is 12.2 Å². The van der Waals surface area contributed by atoms with Gasteiger partial charge in [0, 0.05) is 5.56 Å². The second-order valence-electron chi connectivity index (χ2n) is 8.89. The summed E-state index contributed by atoms with van der Waals surface area (Å²) in [5.74, 6) is -2.47. The van der Waals surface area contributed by atoms with E-state index in [9.17, 15) is 19.2 Å². The van der Waals surface area contributed by atoms with E-state index in [0.29, 0.717) is 11.3 Å². The molecule has 7 nitrogen and oxygen atoms in total. The summed E-state index contributed by atoms with van der Waals surface area (Å²) in [5, 5.41) is 2.07. The molecular weight excluding hydrogens is 456 g/mol. The van der Waals surface area contributed by atoms with E-state index in [1.54, 1.807) is 42.5 Å². The Morgan fingerprint density at radius 2 is 1.59 bits per heavy atom. The van der Waals surface area contributed by atoms with Gasteiger partial charge in [0.05, 0.1) is 29.5 Å². The topological polar surface area (TPSA) is 84.0 Å². The van der Waals surface area contributed by atoms with E-state index >= 15 is 0 Å². The number of hydrogen-bond donors (Lipinski definition) is 0. The molecule has 1 saturated heterocycles. The number of ether oxygens (including phenoxy) is 1. The first kappa shape index (κ1) is 22.3. The third kappa shape index (κ3) is 3.34. The Hall–Kier alpha value is -3.45. The third-order valence-electron chi connectivity index (χ3n) is 7.10. The van der Waals surface area contributed by atoms with Crippen molar-refractivity contribution in [2.24, 2.45) is 23.7 Å². The number of amides is 3. The highest BCUT2D eigenvalue weighted by molar-refractivity contribution is 6.34. The fourth-order valence-electron chi connectivity index (χ4n) is 5.40. The standard InChI is InChI=1S/C26H23ClN2O5/c1-14(23(30)15-9-11-18(34-2)12-10-15)28(24(31)19-5-3-4-6-20(19)27)29-25(32)21-16-7-8-17(13-16)22(21)26(29)33/h3-12,14,16-17,21-22H,13H2,1-2H3/t14-,16+,17+,21-,22+/m1/s1. The monoisotopic (exact) mass is 478 g/mol. The molecule has 2 aromatic carbocycles. The van der Waals surface area contributed by atoms with E-state index in [1.165, 1.54) is 20.1 Å². The van der Waals surface area contributed by atoms with Gasteiger partial charge in [-0.3, -0.25) is 19.2 Å². The molecule has 3 aliphatic rings. The molecular formula is C26H23ClN2O5. The maximum absolute atomic E-state index is 13.7. The molecule has 2 bridgehead atoms. The predicted octanol–water partition coefficient (Wildman–Crippen LogP) is 3.78. The van der Waals surface area contributed by atoms with Crippen LogP contribution in [0.15, 0.2) is 60.7 Å². The fourth-order valence-corrected chi connectivity index (χ4v) is 5.62. The lowest BCUT2D eigenvalue weighted by Crippen LogP contribution is -2.57. The summed E-state index contributed by atoms with van der Waals surface area (Å²) in [4.78, 5) is 54.2. The molecule has 0 N–H and O–H groups in total. The van der Waals surface area contributed by atoms with E-state index in [0.717, 1.165) is 16.4 Å². The van der Waals surface area contributed by atoms with Crippen molar-refractivity contribution in [3.63, 3.8) is 0 Å². The van der Waals surface area contributed by atoms with Crippen LogP contribution >= 0.6 is 11.6 Å². The van der Waals surface area contributed by atoms with Crippen LogP contribution in [0.25, 0.3) is 0 Å². The van der Waals surface area contributed by atoms with Crippen LogP contribution in [-0.4, -0.2) is 46.7 Å². The normalized spacial score (nSPS) is 25.4. The number of halogens is 1. The van der Waals surface area contributed by atoms with Crippen molar-refractivity contribution in [3.8, 4) is 5.75 Å². The molecule has 2 aliphatic carbocycles. The van der Waals surface area contributed by atoms with Crippen LogP contribution in [0.4, 0.5) is 0 Å². The maximum atomic E-state index is 13.7. The van der Waals surface area contributed by atoms with Gasteiger partial charge in [0.25, 0.3) is 17.7 Å². The zero-order chi connectivity index (χ0) is 24.1. The molecule has 0 radical (unpaired) electrons. The zero-order valence-corrected chi connectivity index (χ0v) is 19.4. The molecule has 8 heteroatoms. The Kier molecular flexibility index (Phi) is 5.52. The van der Waals surface area contributed by atoms with Gasteiger partial charge in [-0.25, -0.2) is 5.01 Å². The first-order valence-corrected chi connectivity index (χ1v) is 11.5. The molecule has 1 heterocycles. The molecule has 2 fully saturated rings. The smallest absolute Gasteiger partial charge is 0.275 e. The summed E-state index contributed by atoms with van der Waals surface area (Å²) in [5.41, 5.74) is 0.434. The highest BCUT2D eigenvalue weighted by Crippen LogP contribution is 2.53. The number of methoxy groups -OCH3 is 1. The Labute approximate surface area is 201 Å². The lowest BCUT2D eigenvalue weighted by Gasteiger charge is -2.35. The Balaban J connectivity index is 1.54. The predicted molar refractivity (Wildman–Crippen MR) is 124 cm³/mol. The average molecular weight is 479 g/mol. The van der Waals surface area contributed by atoms with Crippen LogP contribution in [0.2, 0.25) is 5.02 Å². The maximum Gasteiger partial charge on any atom is 0.275 e. The number of rotatable bonds is 6. The molecule has 34 heavy (non-hydrogen) atoms. The Morgan fingerprint density at radius 3 is 2.15 bits per heavy atom. The summed E-state index contributed by atoms with van der Waals surface area (Å²) in [6.07, 6.45) is 4.72. The van der Waals surface area contributed by atoms with Crippen molar-refractivity contribution >= 4 is 35.1 Å². The van der Waals surface area contributed by atoms with Crippen molar-refractivity contribution in [2.45, 2.75) is 19.4 Å². The molecule has 0 spiro atoms. The van der Waals surface area contributed by atoms with Gasteiger partial charge in [-0.15, -0.1) is 0 Å².